The first-order valence-electron chi connectivity index (χ1n) is 9.24. The van der Waals surface area contributed by atoms with Gasteiger partial charge in [0.05, 0.1) is 12.1 Å². The first-order chi connectivity index (χ1) is 12.6. The van der Waals surface area contributed by atoms with Crippen LogP contribution < -0.4 is 0 Å². The van der Waals surface area contributed by atoms with E-state index >= 15 is 0 Å². The van der Waals surface area contributed by atoms with Crippen molar-refractivity contribution in [1.29, 1.82) is 0 Å². The quantitative estimate of drug-likeness (QED) is 0.659. The first-order valence-corrected chi connectivity index (χ1v) is 9.24. The third kappa shape index (κ3) is 5.65. The number of benzene rings is 2. The van der Waals surface area contributed by atoms with Crippen molar-refractivity contribution in [2.45, 2.75) is 25.9 Å². The molecule has 6 heteroatoms. The Morgan fingerprint density at radius 1 is 0.643 bits per heavy atom. The highest BCUT2D eigenvalue weighted by Gasteiger charge is 2.30. The average Bonchev–Trinajstić information content (AvgIpc) is 2.73. The van der Waals surface area contributed by atoms with Gasteiger partial charge in [-0.2, -0.15) is 0 Å². The van der Waals surface area contributed by atoms with Gasteiger partial charge in [0.15, 0.2) is 11.6 Å². The molecule has 1 saturated heterocycles. The highest BCUT2D eigenvalue weighted by molar-refractivity contribution is 6.00. The van der Waals surface area contributed by atoms with Crippen LogP contribution in [0, 0.1) is 0 Å². The second-order valence-electron chi connectivity index (χ2n) is 6.88. The van der Waals surface area contributed by atoms with Crippen LogP contribution in [0.25, 0.3) is 0 Å². The van der Waals surface area contributed by atoms with Crippen LogP contribution in [0.5, 0.6) is 0 Å². The van der Waals surface area contributed by atoms with Crippen molar-refractivity contribution >= 4 is 36.4 Å². The van der Waals surface area contributed by atoms with Crippen molar-refractivity contribution in [3.63, 3.8) is 0 Å². The van der Waals surface area contributed by atoms with Crippen LogP contribution in [0.2, 0.25) is 0 Å². The number of carbonyl (C=O) groups excluding carboxylic acids is 2. The molecule has 152 valence electrons. The molecule has 1 aliphatic heterocycles. The maximum atomic E-state index is 12.6. The Morgan fingerprint density at radius 2 is 0.929 bits per heavy atom. The highest BCUT2D eigenvalue weighted by Crippen LogP contribution is 2.15. The minimum atomic E-state index is -0.139. The van der Waals surface area contributed by atoms with Crippen molar-refractivity contribution in [2.24, 2.45) is 0 Å². The van der Waals surface area contributed by atoms with E-state index in [0.29, 0.717) is 0 Å². The molecule has 0 saturated carbocycles. The van der Waals surface area contributed by atoms with E-state index < -0.39 is 0 Å². The Morgan fingerprint density at radius 3 is 1.21 bits per heavy atom. The molecule has 2 aromatic carbocycles. The SMILES string of the molecule is CC(C(=O)c1ccccc1)N1CCN(C(C)C(=O)c2ccccc2)CC1.Cl.Cl. The maximum absolute atomic E-state index is 12.6. The predicted octanol–water partition coefficient (Wildman–Crippen LogP) is 3.99. The van der Waals surface area contributed by atoms with Crippen LogP contribution in [-0.2, 0) is 0 Å². The Labute approximate surface area is 179 Å². The van der Waals surface area contributed by atoms with Gasteiger partial charge < -0.3 is 0 Å². The maximum Gasteiger partial charge on any atom is 0.179 e. The zero-order chi connectivity index (χ0) is 18.5. The summed E-state index contributed by atoms with van der Waals surface area (Å²) in [6, 6.07) is 18.6. The minimum absolute atomic E-state index is 0. The molecule has 4 nitrogen and oxygen atoms in total. The molecule has 0 spiro atoms. The van der Waals surface area contributed by atoms with Crippen molar-refractivity contribution in [3.8, 4) is 0 Å². The first kappa shape index (κ1) is 24.3. The fourth-order valence-corrected chi connectivity index (χ4v) is 3.53. The lowest BCUT2D eigenvalue weighted by molar-refractivity contribution is 0.0553. The lowest BCUT2D eigenvalue weighted by Gasteiger charge is -2.39. The second-order valence-corrected chi connectivity index (χ2v) is 6.88. The molecular weight excluding hydrogens is 395 g/mol. The number of piperazine rings is 1. The Hall–Kier alpha value is -1.72. The Kier molecular flexibility index (Phi) is 9.83. The smallest absolute Gasteiger partial charge is 0.179 e. The van der Waals surface area contributed by atoms with Gasteiger partial charge in [-0.05, 0) is 13.8 Å². The number of nitrogens with zero attached hydrogens (tertiary/aromatic N) is 2. The molecule has 28 heavy (non-hydrogen) atoms. The van der Waals surface area contributed by atoms with E-state index in [9.17, 15) is 9.59 Å². The number of halogens is 2. The molecule has 0 aliphatic carbocycles. The van der Waals surface area contributed by atoms with E-state index in [1.807, 2.05) is 74.5 Å². The summed E-state index contributed by atoms with van der Waals surface area (Å²) >= 11 is 0. The standard InChI is InChI=1S/C22H26N2O2.2ClH/c1-17(21(25)19-9-5-3-6-10-19)23-13-15-24(16-14-23)18(2)22(26)20-11-7-4-8-12-20;;/h3-12,17-18H,13-16H2,1-2H3;2*1H. The van der Waals surface area contributed by atoms with Gasteiger partial charge in [-0.3, -0.25) is 19.4 Å². The fourth-order valence-electron chi connectivity index (χ4n) is 3.53. The van der Waals surface area contributed by atoms with E-state index in [1.54, 1.807) is 0 Å². The summed E-state index contributed by atoms with van der Waals surface area (Å²) in [5, 5.41) is 0. The summed E-state index contributed by atoms with van der Waals surface area (Å²) < 4.78 is 0. The number of hydrogen-bond donors (Lipinski definition) is 0. The number of rotatable bonds is 6. The third-order valence-corrected chi connectivity index (χ3v) is 5.32. The third-order valence-electron chi connectivity index (χ3n) is 5.32. The summed E-state index contributed by atoms with van der Waals surface area (Å²) in [5.41, 5.74) is 1.52. The molecular formula is C22H28Cl2N2O2. The normalized spacial score (nSPS) is 16.9. The van der Waals surface area contributed by atoms with Crippen molar-refractivity contribution in [3.05, 3.63) is 71.8 Å². The monoisotopic (exact) mass is 422 g/mol. The molecule has 1 heterocycles. The predicted molar refractivity (Wildman–Crippen MR) is 118 cm³/mol. The topological polar surface area (TPSA) is 40.6 Å². The van der Waals surface area contributed by atoms with E-state index in [0.717, 1.165) is 37.3 Å². The number of carbonyl (C=O) groups is 2. The lowest BCUT2D eigenvalue weighted by atomic mass is 10.0. The minimum Gasteiger partial charge on any atom is -0.292 e. The molecule has 0 N–H and O–H groups in total. The zero-order valence-corrected chi connectivity index (χ0v) is 17.9. The van der Waals surface area contributed by atoms with Crippen molar-refractivity contribution in [2.75, 3.05) is 26.2 Å². The molecule has 0 radical (unpaired) electrons. The number of hydrogen-bond acceptors (Lipinski definition) is 4. The zero-order valence-electron chi connectivity index (χ0n) is 16.3. The molecule has 2 unspecified atom stereocenters. The lowest BCUT2D eigenvalue weighted by Crippen LogP contribution is -2.55. The number of ketones is 2. The summed E-state index contributed by atoms with van der Waals surface area (Å²) in [6.07, 6.45) is 0. The van der Waals surface area contributed by atoms with Gasteiger partial charge in [0, 0.05) is 37.3 Å². The summed E-state index contributed by atoms with van der Waals surface area (Å²) in [7, 11) is 0. The van der Waals surface area contributed by atoms with Gasteiger partial charge in [-0.25, -0.2) is 0 Å². The van der Waals surface area contributed by atoms with E-state index in [1.165, 1.54) is 0 Å². The number of Topliss-reactive ketones (excluding diaryl/α,β-unsaturated/α-hetero) is 2. The van der Waals surface area contributed by atoms with Crippen LogP contribution in [0.15, 0.2) is 60.7 Å². The molecule has 1 aliphatic rings. The summed E-state index contributed by atoms with van der Waals surface area (Å²) in [5.74, 6) is 0.319. The second kappa shape index (κ2) is 11.3. The summed E-state index contributed by atoms with van der Waals surface area (Å²) in [4.78, 5) is 29.7. The van der Waals surface area contributed by atoms with Crippen molar-refractivity contribution < 1.29 is 9.59 Å². The van der Waals surface area contributed by atoms with Gasteiger partial charge in [-0.1, -0.05) is 60.7 Å². The van der Waals surface area contributed by atoms with E-state index in [2.05, 4.69) is 9.80 Å². The molecule has 0 aromatic heterocycles. The van der Waals surface area contributed by atoms with Gasteiger partial charge >= 0.3 is 0 Å². The molecule has 2 atom stereocenters. The fraction of sp³-hybridized carbons (Fsp3) is 0.364. The average molecular weight is 423 g/mol. The Balaban J connectivity index is 0.00000196. The van der Waals surface area contributed by atoms with Crippen LogP contribution in [0.4, 0.5) is 0 Å². The van der Waals surface area contributed by atoms with Crippen LogP contribution in [0.1, 0.15) is 34.6 Å². The molecule has 0 amide bonds. The van der Waals surface area contributed by atoms with Gasteiger partial charge in [-0.15, -0.1) is 24.8 Å². The van der Waals surface area contributed by atoms with Gasteiger partial charge in [0.2, 0.25) is 0 Å². The highest BCUT2D eigenvalue weighted by atomic mass is 35.5. The molecule has 3 rings (SSSR count). The molecule has 2 aromatic rings. The Bertz CT molecular complexity index is 682. The van der Waals surface area contributed by atoms with E-state index in [4.69, 9.17) is 0 Å². The van der Waals surface area contributed by atoms with Crippen LogP contribution in [0.3, 0.4) is 0 Å². The summed E-state index contributed by atoms with van der Waals surface area (Å²) in [6.45, 7) is 7.14. The van der Waals surface area contributed by atoms with Crippen LogP contribution >= 0.6 is 24.8 Å². The molecule has 1 fully saturated rings. The van der Waals surface area contributed by atoms with Crippen LogP contribution in [-0.4, -0.2) is 59.6 Å². The molecule has 0 bridgehead atoms. The van der Waals surface area contributed by atoms with E-state index in [-0.39, 0.29) is 48.5 Å². The largest absolute Gasteiger partial charge is 0.292 e. The van der Waals surface area contributed by atoms with Gasteiger partial charge in [0.25, 0.3) is 0 Å². The van der Waals surface area contributed by atoms with Crippen molar-refractivity contribution in [1.82, 2.24) is 9.80 Å². The van der Waals surface area contributed by atoms with Gasteiger partial charge in [0.1, 0.15) is 0 Å².